The Labute approximate surface area is 115 Å². The normalized spacial score (nSPS) is 18.2. The van der Waals surface area contributed by atoms with Crippen LogP contribution in [0.1, 0.15) is 46.5 Å². The molecule has 1 aliphatic rings. The number of urea groups is 1. The first-order valence-corrected chi connectivity index (χ1v) is 7.28. The molecule has 1 heterocycles. The summed E-state index contributed by atoms with van der Waals surface area (Å²) in [5.74, 6) is -0.704. The van der Waals surface area contributed by atoms with Crippen molar-refractivity contribution in [3.8, 4) is 0 Å². The lowest BCUT2D eigenvalue weighted by Crippen LogP contribution is -2.50. The van der Waals surface area contributed by atoms with Crippen LogP contribution in [0.2, 0.25) is 0 Å². The van der Waals surface area contributed by atoms with Gasteiger partial charge in [-0.15, -0.1) is 0 Å². The molecule has 0 atom stereocenters. The zero-order valence-corrected chi connectivity index (χ0v) is 12.3. The monoisotopic (exact) mass is 270 g/mol. The third kappa shape index (κ3) is 3.39. The van der Waals surface area contributed by atoms with E-state index in [0.717, 1.165) is 6.42 Å². The fourth-order valence-electron chi connectivity index (χ4n) is 2.87. The van der Waals surface area contributed by atoms with E-state index in [0.29, 0.717) is 45.4 Å². The summed E-state index contributed by atoms with van der Waals surface area (Å²) in [6, 6.07) is 0.0421. The summed E-state index contributed by atoms with van der Waals surface area (Å²) in [5, 5.41) is 9.43. The molecule has 19 heavy (non-hydrogen) atoms. The molecule has 5 heteroatoms. The van der Waals surface area contributed by atoms with Crippen LogP contribution >= 0.6 is 0 Å². The number of nitrogens with zero attached hydrogens (tertiary/aromatic N) is 2. The maximum absolute atomic E-state index is 12.2. The number of rotatable bonds is 5. The summed E-state index contributed by atoms with van der Waals surface area (Å²) in [7, 11) is 0. The Morgan fingerprint density at radius 3 is 2.05 bits per heavy atom. The van der Waals surface area contributed by atoms with Crippen molar-refractivity contribution < 1.29 is 14.7 Å². The van der Waals surface area contributed by atoms with Gasteiger partial charge in [-0.2, -0.15) is 0 Å². The number of aliphatic carboxylic acids is 1. The molecule has 110 valence electrons. The Bertz CT molecular complexity index is 319. The van der Waals surface area contributed by atoms with Crippen LogP contribution in [-0.2, 0) is 4.79 Å². The van der Waals surface area contributed by atoms with Gasteiger partial charge in [0.25, 0.3) is 0 Å². The molecule has 0 spiro atoms. The van der Waals surface area contributed by atoms with Gasteiger partial charge in [-0.05, 0) is 33.1 Å². The first kappa shape index (κ1) is 15.8. The van der Waals surface area contributed by atoms with Crippen molar-refractivity contribution in [1.29, 1.82) is 0 Å². The average Bonchev–Trinajstić information content (AvgIpc) is 2.41. The fraction of sp³-hybridized carbons (Fsp3) is 0.857. The van der Waals surface area contributed by atoms with E-state index in [4.69, 9.17) is 0 Å². The molecular weight excluding hydrogens is 244 g/mol. The number of amides is 2. The van der Waals surface area contributed by atoms with E-state index in [-0.39, 0.29) is 6.03 Å². The fourth-order valence-corrected chi connectivity index (χ4v) is 2.87. The summed E-state index contributed by atoms with van der Waals surface area (Å²) in [6.45, 7) is 8.45. The Hall–Kier alpha value is -1.26. The van der Waals surface area contributed by atoms with E-state index in [1.54, 1.807) is 9.80 Å². The van der Waals surface area contributed by atoms with Gasteiger partial charge in [-0.3, -0.25) is 4.79 Å². The highest BCUT2D eigenvalue weighted by Gasteiger charge is 2.41. The predicted molar refractivity (Wildman–Crippen MR) is 74.1 cm³/mol. The standard InChI is InChI=1S/C14H26N2O3/c1-4-7-14(12(17)18)8-10-16(11-9-14)13(19)15(5-2)6-3/h4-11H2,1-3H3,(H,17,18). The van der Waals surface area contributed by atoms with Crippen LogP contribution < -0.4 is 0 Å². The number of carbonyl (C=O) groups excluding carboxylic acids is 1. The highest BCUT2D eigenvalue weighted by Crippen LogP contribution is 2.36. The van der Waals surface area contributed by atoms with Gasteiger partial charge in [-0.25, -0.2) is 4.79 Å². The molecule has 1 rings (SSSR count). The highest BCUT2D eigenvalue weighted by molar-refractivity contribution is 5.77. The molecule has 0 aromatic carbocycles. The Balaban J connectivity index is 2.65. The third-order valence-electron chi connectivity index (χ3n) is 4.21. The van der Waals surface area contributed by atoms with E-state index in [2.05, 4.69) is 0 Å². The molecule has 1 aliphatic heterocycles. The van der Waals surface area contributed by atoms with E-state index >= 15 is 0 Å². The second-order valence-corrected chi connectivity index (χ2v) is 5.28. The van der Waals surface area contributed by atoms with Crippen LogP contribution in [0.3, 0.4) is 0 Å². The molecule has 0 unspecified atom stereocenters. The molecule has 0 radical (unpaired) electrons. The van der Waals surface area contributed by atoms with Crippen molar-refractivity contribution in [3.63, 3.8) is 0 Å². The summed E-state index contributed by atoms with van der Waals surface area (Å²) >= 11 is 0. The van der Waals surface area contributed by atoms with Crippen molar-refractivity contribution in [3.05, 3.63) is 0 Å². The topological polar surface area (TPSA) is 60.9 Å². The Kier molecular flexibility index (Phi) is 5.63. The van der Waals surface area contributed by atoms with Crippen LogP contribution in [0.4, 0.5) is 4.79 Å². The number of piperidine rings is 1. The number of hydrogen-bond acceptors (Lipinski definition) is 2. The molecule has 0 aliphatic carbocycles. The second-order valence-electron chi connectivity index (χ2n) is 5.28. The highest BCUT2D eigenvalue weighted by atomic mass is 16.4. The lowest BCUT2D eigenvalue weighted by molar-refractivity contribution is -0.152. The SMILES string of the molecule is CCCC1(C(=O)O)CCN(C(=O)N(CC)CC)CC1. The second kappa shape index (κ2) is 6.78. The Morgan fingerprint density at radius 1 is 1.16 bits per heavy atom. The number of hydrogen-bond donors (Lipinski definition) is 1. The lowest BCUT2D eigenvalue weighted by Gasteiger charge is -2.40. The molecule has 0 bridgehead atoms. The zero-order chi connectivity index (χ0) is 14.5. The summed E-state index contributed by atoms with van der Waals surface area (Å²) in [4.78, 5) is 27.3. The molecule has 1 N–H and O–H groups in total. The Morgan fingerprint density at radius 2 is 1.68 bits per heavy atom. The molecule has 5 nitrogen and oxygen atoms in total. The van der Waals surface area contributed by atoms with E-state index in [1.807, 2.05) is 20.8 Å². The van der Waals surface area contributed by atoms with E-state index < -0.39 is 11.4 Å². The van der Waals surface area contributed by atoms with Crippen molar-refractivity contribution >= 4 is 12.0 Å². The maximum atomic E-state index is 12.2. The molecule has 2 amide bonds. The minimum Gasteiger partial charge on any atom is -0.481 e. The van der Waals surface area contributed by atoms with Crippen molar-refractivity contribution in [2.45, 2.75) is 46.5 Å². The minimum absolute atomic E-state index is 0.0421. The van der Waals surface area contributed by atoms with E-state index in [9.17, 15) is 14.7 Å². The van der Waals surface area contributed by atoms with Crippen LogP contribution in [-0.4, -0.2) is 53.1 Å². The van der Waals surface area contributed by atoms with Gasteiger partial charge in [0.2, 0.25) is 0 Å². The largest absolute Gasteiger partial charge is 0.481 e. The molecule has 1 saturated heterocycles. The van der Waals surface area contributed by atoms with Crippen molar-refractivity contribution in [2.24, 2.45) is 5.41 Å². The summed E-state index contributed by atoms with van der Waals surface area (Å²) < 4.78 is 0. The first-order chi connectivity index (χ1) is 9.00. The smallest absolute Gasteiger partial charge is 0.319 e. The lowest BCUT2D eigenvalue weighted by atomic mass is 9.75. The number of carbonyl (C=O) groups is 2. The van der Waals surface area contributed by atoms with Gasteiger partial charge in [-0.1, -0.05) is 13.3 Å². The van der Waals surface area contributed by atoms with Crippen molar-refractivity contribution in [1.82, 2.24) is 9.80 Å². The van der Waals surface area contributed by atoms with Gasteiger partial charge in [0.05, 0.1) is 5.41 Å². The summed E-state index contributed by atoms with van der Waals surface area (Å²) in [5.41, 5.74) is -0.616. The average molecular weight is 270 g/mol. The number of likely N-dealkylation sites (tertiary alicyclic amines) is 1. The van der Waals surface area contributed by atoms with Crippen molar-refractivity contribution in [2.75, 3.05) is 26.2 Å². The molecule has 0 saturated carbocycles. The minimum atomic E-state index is -0.704. The van der Waals surface area contributed by atoms with Crippen LogP contribution in [0.25, 0.3) is 0 Å². The number of carboxylic acid groups (broad SMARTS) is 1. The molecule has 0 aromatic heterocycles. The van der Waals surface area contributed by atoms with Gasteiger partial charge in [0.1, 0.15) is 0 Å². The number of carboxylic acids is 1. The molecule has 1 fully saturated rings. The zero-order valence-electron chi connectivity index (χ0n) is 12.3. The van der Waals surface area contributed by atoms with Crippen LogP contribution in [0, 0.1) is 5.41 Å². The molecular formula is C14H26N2O3. The maximum Gasteiger partial charge on any atom is 0.319 e. The van der Waals surface area contributed by atoms with Crippen LogP contribution in [0.5, 0.6) is 0 Å². The van der Waals surface area contributed by atoms with Gasteiger partial charge < -0.3 is 14.9 Å². The van der Waals surface area contributed by atoms with E-state index in [1.165, 1.54) is 0 Å². The summed E-state index contributed by atoms with van der Waals surface area (Å²) in [6.07, 6.45) is 2.72. The first-order valence-electron chi connectivity index (χ1n) is 7.28. The van der Waals surface area contributed by atoms with Gasteiger partial charge in [0, 0.05) is 26.2 Å². The van der Waals surface area contributed by atoms with Gasteiger partial charge >= 0.3 is 12.0 Å². The third-order valence-corrected chi connectivity index (χ3v) is 4.21. The predicted octanol–water partition coefficient (Wildman–Crippen LogP) is 2.42. The molecule has 0 aromatic rings. The quantitative estimate of drug-likeness (QED) is 0.834. The van der Waals surface area contributed by atoms with Gasteiger partial charge in [0.15, 0.2) is 0 Å². The van der Waals surface area contributed by atoms with Crippen LogP contribution in [0.15, 0.2) is 0 Å².